The molecule has 2 heterocycles. The highest BCUT2D eigenvalue weighted by atomic mass is 19.1. The molecule has 0 bridgehead atoms. The standard InChI is InChI=1S/C24H29FN2O3/c25-19-5-8-21(9-6-19)29-16-14-26-13-11-20-7-10-24(28)27(20)17-23-22-4-2-1-3-18(22)12-15-30-23/h1-6,8-9,20,23,26H,7,10-17H2/t20-,23-/m1/s1. The average Bonchev–Trinajstić information content (AvgIpc) is 3.11. The van der Waals surface area contributed by atoms with Crippen LogP contribution in [-0.2, 0) is 16.0 Å². The number of likely N-dealkylation sites (tertiary alicyclic amines) is 1. The van der Waals surface area contributed by atoms with Gasteiger partial charge in [-0.05, 0) is 61.2 Å². The largest absolute Gasteiger partial charge is 0.492 e. The lowest BCUT2D eigenvalue weighted by Gasteiger charge is -2.32. The highest BCUT2D eigenvalue weighted by molar-refractivity contribution is 5.78. The monoisotopic (exact) mass is 412 g/mol. The SMILES string of the molecule is O=C1CC[C@H](CCNCCOc2ccc(F)cc2)N1C[C@H]1OCCc2ccccc21. The predicted octanol–water partition coefficient (Wildman–Crippen LogP) is 3.49. The van der Waals surface area contributed by atoms with Crippen LogP contribution in [0, 0.1) is 5.82 Å². The van der Waals surface area contributed by atoms with Crippen molar-refractivity contribution in [3.63, 3.8) is 0 Å². The van der Waals surface area contributed by atoms with Gasteiger partial charge in [0.2, 0.25) is 5.91 Å². The number of rotatable bonds is 9. The van der Waals surface area contributed by atoms with Crippen molar-refractivity contribution >= 4 is 5.91 Å². The van der Waals surface area contributed by atoms with Crippen LogP contribution in [0.5, 0.6) is 5.75 Å². The van der Waals surface area contributed by atoms with Gasteiger partial charge in [-0.1, -0.05) is 24.3 Å². The Labute approximate surface area is 177 Å². The fraction of sp³-hybridized carbons (Fsp3) is 0.458. The Morgan fingerprint density at radius 1 is 1.10 bits per heavy atom. The third kappa shape index (κ3) is 5.18. The van der Waals surface area contributed by atoms with Crippen LogP contribution in [0.4, 0.5) is 4.39 Å². The average molecular weight is 413 g/mol. The van der Waals surface area contributed by atoms with E-state index in [1.165, 1.54) is 23.3 Å². The summed E-state index contributed by atoms with van der Waals surface area (Å²) in [6.45, 7) is 3.39. The molecule has 0 aromatic heterocycles. The van der Waals surface area contributed by atoms with E-state index in [1.54, 1.807) is 12.1 Å². The number of hydrogen-bond donors (Lipinski definition) is 1. The summed E-state index contributed by atoms with van der Waals surface area (Å²) < 4.78 is 24.5. The minimum Gasteiger partial charge on any atom is -0.492 e. The number of fused-ring (bicyclic) bond motifs is 1. The number of nitrogens with zero attached hydrogens (tertiary/aromatic N) is 1. The quantitative estimate of drug-likeness (QED) is 0.641. The zero-order valence-electron chi connectivity index (χ0n) is 17.2. The first-order valence-corrected chi connectivity index (χ1v) is 10.8. The molecule has 1 N–H and O–H groups in total. The first-order chi connectivity index (χ1) is 14.7. The van der Waals surface area contributed by atoms with Gasteiger partial charge in [-0.15, -0.1) is 0 Å². The summed E-state index contributed by atoms with van der Waals surface area (Å²) in [5.74, 6) is 0.628. The van der Waals surface area contributed by atoms with E-state index >= 15 is 0 Å². The Kier molecular flexibility index (Phi) is 6.97. The van der Waals surface area contributed by atoms with Crippen LogP contribution >= 0.6 is 0 Å². The minimum atomic E-state index is -0.266. The van der Waals surface area contributed by atoms with Crippen molar-refractivity contribution in [3.05, 3.63) is 65.5 Å². The topological polar surface area (TPSA) is 50.8 Å². The molecule has 5 nitrogen and oxygen atoms in total. The van der Waals surface area contributed by atoms with E-state index in [1.807, 2.05) is 11.0 Å². The van der Waals surface area contributed by atoms with Crippen LogP contribution in [0.15, 0.2) is 48.5 Å². The van der Waals surface area contributed by atoms with Crippen LogP contribution in [0.25, 0.3) is 0 Å². The maximum Gasteiger partial charge on any atom is 0.222 e. The number of nitrogens with one attached hydrogen (secondary N) is 1. The van der Waals surface area contributed by atoms with Crippen LogP contribution in [0.3, 0.4) is 0 Å². The van der Waals surface area contributed by atoms with Gasteiger partial charge in [0.05, 0.1) is 13.2 Å². The van der Waals surface area contributed by atoms with E-state index in [0.29, 0.717) is 38.5 Å². The van der Waals surface area contributed by atoms with Crippen molar-refractivity contribution < 1.29 is 18.7 Å². The van der Waals surface area contributed by atoms with E-state index < -0.39 is 0 Å². The summed E-state index contributed by atoms with van der Waals surface area (Å²) in [4.78, 5) is 14.5. The van der Waals surface area contributed by atoms with Gasteiger partial charge in [0.25, 0.3) is 0 Å². The maximum atomic E-state index is 12.9. The third-order valence-electron chi connectivity index (χ3n) is 5.92. The molecule has 0 unspecified atom stereocenters. The number of halogens is 1. The number of carbonyl (C=O) groups is 1. The molecule has 2 aromatic carbocycles. The Bertz CT molecular complexity index is 843. The van der Waals surface area contributed by atoms with Crippen molar-refractivity contribution in [1.29, 1.82) is 0 Å². The molecular weight excluding hydrogens is 383 g/mol. The summed E-state index contributed by atoms with van der Waals surface area (Å²) in [7, 11) is 0. The Morgan fingerprint density at radius 2 is 1.93 bits per heavy atom. The molecule has 0 aliphatic carbocycles. The Morgan fingerprint density at radius 3 is 2.80 bits per heavy atom. The number of amides is 1. The molecule has 1 saturated heterocycles. The zero-order chi connectivity index (χ0) is 20.8. The molecule has 1 amide bonds. The molecular formula is C24H29FN2O3. The zero-order valence-corrected chi connectivity index (χ0v) is 17.2. The van der Waals surface area contributed by atoms with Crippen molar-refractivity contribution in [1.82, 2.24) is 10.2 Å². The lowest BCUT2D eigenvalue weighted by Crippen LogP contribution is -2.39. The fourth-order valence-electron chi connectivity index (χ4n) is 4.32. The summed E-state index contributed by atoms with van der Waals surface area (Å²) in [5.41, 5.74) is 2.55. The highest BCUT2D eigenvalue weighted by Gasteiger charge is 2.34. The number of hydrogen-bond acceptors (Lipinski definition) is 4. The van der Waals surface area contributed by atoms with Crippen molar-refractivity contribution in [2.75, 3.05) is 32.8 Å². The molecule has 0 spiro atoms. The number of ether oxygens (including phenoxy) is 2. The van der Waals surface area contributed by atoms with Crippen LogP contribution in [0.1, 0.15) is 36.5 Å². The second kappa shape index (κ2) is 10.0. The first kappa shape index (κ1) is 20.8. The van der Waals surface area contributed by atoms with Gasteiger partial charge in [-0.25, -0.2) is 4.39 Å². The summed E-state index contributed by atoms with van der Waals surface area (Å²) in [5, 5.41) is 3.38. The van der Waals surface area contributed by atoms with E-state index in [4.69, 9.17) is 9.47 Å². The van der Waals surface area contributed by atoms with Crippen LogP contribution in [-0.4, -0.2) is 49.7 Å². The second-order valence-corrected chi connectivity index (χ2v) is 7.89. The summed E-state index contributed by atoms with van der Waals surface area (Å²) in [6, 6.07) is 14.7. The van der Waals surface area contributed by atoms with Crippen molar-refractivity contribution in [2.24, 2.45) is 0 Å². The van der Waals surface area contributed by atoms with E-state index in [-0.39, 0.29) is 23.9 Å². The summed E-state index contributed by atoms with van der Waals surface area (Å²) in [6.07, 6.45) is 3.34. The number of benzene rings is 2. The molecule has 4 rings (SSSR count). The van der Waals surface area contributed by atoms with E-state index in [0.717, 1.165) is 25.8 Å². The molecule has 2 aliphatic rings. The van der Waals surface area contributed by atoms with Crippen molar-refractivity contribution in [2.45, 2.75) is 37.8 Å². The molecule has 2 aromatic rings. The van der Waals surface area contributed by atoms with Crippen LogP contribution in [0.2, 0.25) is 0 Å². The van der Waals surface area contributed by atoms with Gasteiger partial charge < -0.3 is 19.7 Å². The second-order valence-electron chi connectivity index (χ2n) is 7.89. The molecule has 0 saturated carbocycles. The molecule has 160 valence electrons. The minimum absolute atomic E-state index is 0.0310. The molecule has 30 heavy (non-hydrogen) atoms. The van der Waals surface area contributed by atoms with Gasteiger partial charge in [-0.3, -0.25) is 4.79 Å². The third-order valence-corrected chi connectivity index (χ3v) is 5.92. The smallest absolute Gasteiger partial charge is 0.222 e. The lowest BCUT2D eigenvalue weighted by atomic mass is 9.97. The lowest BCUT2D eigenvalue weighted by molar-refractivity contribution is -0.131. The van der Waals surface area contributed by atoms with Crippen LogP contribution < -0.4 is 10.1 Å². The molecule has 0 radical (unpaired) electrons. The van der Waals surface area contributed by atoms with Gasteiger partial charge in [-0.2, -0.15) is 0 Å². The molecule has 1 fully saturated rings. The normalized spacial score (nSPS) is 21.0. The van der Waals surface area contributed by atoms with Gasteiger partial charge in [0.1, 0.15) is 24.3 Å². The van der Waals surface area contributed by atoms with Crippen molar-refractivity contribution in [3.8, 4) is 5.75 Å². The fourth-order valence-corrected chi connectivity index (χ4v) is 4.32. The maximum absolute atomic E-state index is 12.9. The van der Waals surface area contributed by atoms with Gasteiger partial charge >= 0.3 is 0 Å². The highest BCUT2D eigenvalue weighted by Crippen LogP contribution is 2.31. The van der Waals surface area contributed by atoms with Gasteiger partial charge in [0.15, 0.2) is 0 Å². The first-order valence-electron chi connectivity index (χ1n) is 10.8. The molecule has 2 aliphatic heterocycles. The van der Waals surface area contributed by atoms with Gasteiger partial charge in [0, 0.05) is 19.0 Å². The predicted molar refractivity (Wildman–Crippen MR) is 113 cm³/mol. The molecule has 2 atom stereocenters. The Hall–Kier alpha value is -2.44. The molecule has 6 heteroatoms. The Balaban J connectivity index is 1.21. The number of carbonyl (C=O) groups excluding carboxylic acids is 1. The summed E-state index contributed by atoms with van der Waals surface area (Å²) >= 11 is 0. The van der Waals surface area contributed by atoms with E-state index in [9.17, 15) is 9.18 Å². The van der Waals surface area contributed by atoms with E-state index in [2.05, 4.69) is 23.5 Å².